The molecule has 27 heavy (non-hydrogen) atoms. The summed E-state index contributed by atoms with van der Waals surface area (Å²) in [5.74, 6) is 0.343. The molecule has 2 rings (SSSR count). The minimum absolute atomic E-state index is 0.297. The van der Waals surface area contributed by atoms with E-state index in [1.54, 1.807) is 23.9 Å². The number of unbranched alkanes of at least 4 members (excludes halogenated alkanes) is 2. The van der Waals surface area contributed by atoms with E-state index in [4.69, 9.17) is 0 Å². The lowest BCUT2D eigenvalue weighted by atomic mass is 10.1. The maximum absolute atomic E-state index is 13.1. The van der Waals surface area contributed by atoms with E-state index in [0.29, 0.717) is 29.8 Å². The molecule has 5 nitrogen and oxygen atoms in total. The number of aromatic nitrogens is 2. The number of hydrogen-bond acceptors (Lipinski definition) is 3. The van der Waals surface area contributed by atoms with Gasteiger partial charge in [0.1, 0.15) is 0 Å². The van der Waals surface area contributed by atoms with Gasteiger partial charge in [-0.25, -0.2) is 4.79 Å². The van der Waals surface area contributed by atoms with Crippen LogP contribution in [0.1, 0.15) is 45.1 Å². The van der Waals surface area contributed by atoms with Crippen LogP contribution >= 0.6 is 0 Å². The molecule has 0 saturated heterocycles. The zero-order chi connectivity index (χ0) is 20.2. The molecule has 1 amide bonds. The molecule has 0 N–H and O–H groups in total. The Bertz CT molecular complexity index is 775. The highest BCUT2D eigenvalue weighted by Crippen LogP contribution is 2.34. The van der Waals surface area contributed by atoms with E-state index >= 15 is 0 Å². The normalized spacial score (nSPS) is 11.8. The Hall–Kier alpha value is -2.25. The van der Waals surface area contributed by atoms with Crippen molar-refractivity contribution in [3.8, 4) is 0 Å². The molecule has 0 unspecified atom stereocenters. The van der Waals surface area contributed by atoms with Gasteiger partial charge in [-0.15, -0.1) is 5.10 Å². The van der Waals surface area contributed by atoms with Crippen molar-refractivity contribution in [1.82, 2.24) is 14.7 Å². The maximum Gasteiger partial charge on any atom is 0.416 e. The minimum Gasteiger partial charge on any atom is -0.361 e. The third-order valence-corrected chi connectivity index (χ3v) is 4.43. The summed E-state index contributed by atoms with van der Waals surface area (Å²) in [6, 6.07) is 3.09. The standard InChI is InChI=1S/C19H27F3N4O/c1-5-7-11-25(12-8-6-2)18(27)26-16-10-9-14(19(20,21)22)13-15(16)17(23-26)24(3)4/h9-10,13H,5-8,11-12H2,1-4H3. The van der Waals surface area contributed by atoms with E-state index < -0.39 is 11.7 Å². The Morgan fingerprint density at radius 3 is 2.19 bits per heavy atom. The van der Waals surface area contributed by atoms with Crippen molar-refractivity contribution >= 4 is 22.8 Å². The van der Waals surface area contributed by atoms with Gasteiger partial charge in [0.2, 0.25) is 0 Å². The number of nitrogens with zero attached hydrogens (tertiary/aromatic N) is 4. The summed E-state index contributed by atoms with van der Waals surface area (Å²) >= 11 is 0. The van der Waals surface area contributed by atoms with Gasteiger partial charge in [0.15, 0.2) is 5.82 Å². The van der Waals surface area contributed by atoms with Gasteiger partial charge in [-0.3, -0.25) is 0 Å². The summed E-state index contributed by atoms with van der Waals surface area (Å²) < 4.78 is 40.5. The van der Waals surface area contributed by atoms with Gasteiger partial charge >= 0.3 is 12.2 Å². The molecule has 0 saturated carbocycles. The van der Waals surface area contributed by atoms with E-state index in [1.165, 1.54) is 10.7 Å². The summed E-state index contributed by atoms with van der Waals surface area (Å²) in [5, 5.41) is 4.65. The molecule has 0 aliphatic rings. The van der Waals surface area contributed by atoms with Gasteiger partial charge in [0.05, 0.1) is 11.1 Å². The fourth-order valence-electron chi connectivity index (χ4n) is 2.89. The van der Waals surface area contributed by atoms with Gasteiger partial charge in [0.25, 0.3) is 0 Å². The third-order valence-electron chi connectivity index (χ3n) is 4.43. The Morgan fingerprint density at radius 1 is 1.11 bits per heavy atom. The second-order valence-corrected chi connectivity index (χ2v) is 6.84. The molecule has 2 aromatic rings. The smallest absolute Gasteiger partial charge is 0.361 e. The molecular weight excluding hydrogens is 357 g/mol. The molecular formula is C19H27F3N4O. The van der Waals surface area contributed by atoms with Crippen LogP contribution in [0.2, 0.25) is 0 Å². The predicted molar refractivity (Wildman–Crippen MR) is 101 cm³/mol. The Balaban J connectivity index is 2.51. The average Bonchev–Trinajstić information content (AvgIpc) is 2.99. The van der Waals surface area contributed by atoms with Crippen molar-refractivity contribution in [3.05, 3.63) is 23.8 Å². The van der Waals surface area contributed by atoms with E-state index in [9.17, 15) is 18.0 Å². The summed E-state index contributed by atoms with van der Waals surface area (Å²) in [6.07, 6.45) is -0.805. The van der Waals surface area contributed by atoms with Gasteiger partial charge in [-0.2, -0.15) is 17.9 Å². The first-order valence-electron chi connectivity index (χ1n) is 9.27. The van der Waals surface area contributed by atoms with Crippen molar-refractivity contribution < 1.29 is 18.0 Å². The largest absolute Gasteiger partial charge is 0.416 e. The highest BCUT2D eigenvalue weighted by atomic mass is 19.4. The molecule has 8 heteroatoms. The number of carbonyl (C=O) groups is 1. The molecule has 0 atom stereocenters. The first kappa shape index (κ1) is 21.1. The molecule has 1 heterocycles. The molecule has 150 valence electrons. The number of carbonyl (C=O) groups excluding carboxylic acids is 1. The average molecular weight is 384 g/mol. The second-order valence-electron chi connectivity index (χ2n) is 6.84. The van der Waals surface area contributed by atoms with Crippen LogP contribution in [0.25, 0.3) is 10.9 Å². The van der Waals surface area contributed by atoms with E-state index in [0.717, 1.165) is 37.8 Å². The first-order chi connectivity index (χ1) is 12.7. The van der Waals surface area contributed by atoms with E-state index in [-0.39, 0.29) is 6.03 Å². The molecule has 0 spiro atoms. The Kier molecular flexibility index (Phi) is 6.73. The van der Waals surface area contributed by atoms with E-state index in [2.05, 4.69) is 18.9 Å². The lowest BCUT2D eigenvalue weighted by Crippen LogP contribution is -2.37. The van der Waals surface area contributed by atoms with Crippen molar-refractivity contribution in [2.24, 2.45) is 0 Å². The van der Waals surface area contributed by atoms with E-state index in [1.807, 2.05) is 0 Å². The molecule has 1 aromatic carbocycles. The molecule has 0 radical (unpaired) electrons. The summed E-state index contributed by atoms with van der Waals surface area (Å²) in [5.41, 5.74) is -0.367. The Labute approximate surface area is 157 Å². The number of anilines is 1. The topological polar surface area (TPSA) is 41.4 Å². The zero-order valence-electron chi connectivity index (χ0n) is 16.3. The molecule has 0 bridgehead atoms. The fraction of sp³-hybridized carbons (Fsp3) is 0.579. The van der Waals surface area contributed by atoms with Crippen LogP contribution < -0.4 is 4.90 Å². The van der Waals surface area contributed by atoms with Crippen LogP contribution in [0.4, 0.5) is 23.8 Å². The SMILES string of the molecule is CCCCN(CCCC)C(=O)n1nc(N(C)C)c2cc(C(F)(F)F)ccc21. The van der Waals surface area contributed by atoms with Crippen molar-refractivity contribution in [2.45, 2.75) is 45.7 Å². The Morgan fingerprint density at radius 2 is 1.70 bits per heavy atom. The van der Waals surface area contributed by atoms with Crippen LogP contribution in [0.5, 0.6) is 0 Å². The third kappa shape index (κ3) is 4.73. The second kappa shape index (κ2) is 8.63. The van der Waals surface area contributed by atoms with Crippen LogP contribution in [-0.2, 0) is 6.18 Å². The zero-order valence-corrected chi connectivity index (χ0v) is 16.3. The summed E-state index contributed by atoms with van der Waals surface area (Å²) in [7, 11) is 3.39. The molecule has 0 fully saturated rings. The van der Waals surface area contributed by atoms with Crippen molar-refractivity contribution in [2.75, 3.05) is 32.1 Å². The van der Waals surface area contributed by atoms with Crippen LogP contribution in [0.15, 0.2) is 18.2 Å². The number of amides is 1. The number of rotatable bonds is 7. The van der Waals surface area contributed by atoms with Gasteiger partial charge in [0, 0.05) is 32.6 Å². The van der Waals surface area contributed by atoms with Crippen LogP contribution in [-0.4, -0.2) is 47.9 Å². The lowest BCUT2D eigenvalue weighted by Gasteiger charge is -2.22. The fourth-order valence-corrected chi connectivity index (χ4v) is 2.89. The van der Waals surface area contributed by atoms with Crippen LogP contribution in [0.3, 0.4) is 0 Å². The molecule has 0 aliphatic heterocycles. The minimum atomic E-state index is -4.45. The van der Waals surface area contributed by atoms with Crippen molar-refractivity contribution in [3.63, 3.8) is 0 Å². The number of hydrogen-bond donors (Lipinski definition) is 0. The monoisotopic (exact) mass is 384 g/mol. The summed E-state index contributed by atoms with van der Waals surface area (Å²) in [6.45, 7) is 5.31. The van der Waals surface area contributed by atoms with Gasteiger partial charge in [-0.05, 0) is 31.0 Å². The number of fused-ring (bicyclic) bond motifs is 1. The number of benzene rings is 1. The van der Waals surface area contributed by atoms with Crippen LogP contribution in [0, 0.1) is 0 Å². The highest BCUT2D eigenvalue weighted by Gasteiger charge is 2.32. The quantitative estimate of drug-likeness (QED) is 0.675. The predicted octanol–water partition coefficient (Wildman–Crippen LogP) is 4.99. The summed E-state index contributed by atoms with van der Waals surface area (Å²) in [4.78, 5) is 16.4. The number of halogens is 3. The maximum atomic E-state index is 13.1. The molecule has 0 aliphatic carbocycles. The lowest BCUT2D eigenvalue weighted by molar-refractivity contribution is -0.137. The molecule has 1 aromatic heterocycles. The highest BCUT2D eigenvalue weighted by molar-refractivity contribution is 5.97. The van der Waals surface area contributed by atoms with Crippen molar-refractivity contribution in [1.29, 1.82) is 0 Å². The first-order valence-corrected chi connectivity index (χ1v) is 9.27. The van der Waals surface area contributed by atoms with Gasteiger partial charge in [-0.1, -0.05) is 26.7 Å². The van der Waals surface area contributed by atoms with Gasteiger partial charge < -0.3 is 9.80 Å². The number of alkyl halides is 3.